The maximum Gasteiger partial charge on any atom is 0.220 e. The number of amides is 1. The average Bonchev–Trinajstić information content (AvgIpc) is 2.35. The summed E-state index contributed by atoms with van der Waals surface area (Å²) >= 11 is 0. The number of nitrogens with one attached hydrogen (secondary N) is 1. The number of hydrogen-bond donors (Lipinski definition) is 2. The number of carbonyl (C=O) groups excluding carboxylic acids is 2. The fourth-order valence-corrected chi connectivity index (χ4v) is 1.81. The van der Waals surface area contributed by atoms with Crippen LogP contribution >= 0.6 is 0 Å². The molecule has 1 amide bonds. The zero-order valence-corrected chi connectivity index (χ0v) is 12.7. The molecule has 0 aromatic heterocycles. The number of aryl methyl sites for hydroxylation is 2. The smallest absolute Gasteiger partial charge is 0.220 e. The summed E-state index contributed by atoms with van der Waals surface area (Å²) in [6.45, 7) is 7.95. The van der Waals surface area contributed by atoms with E-state index in [1.54, 1.807) is 0 Å². The number of benzene rings is 1. The van der Waals surface area contributed by atoms with Crippen molar-refractivity contribution in [2.75, 3.05) is 6.54 Å². The molecule has 1 aromatic rings. The molecule has 4 nitrogen and oxygen atoms in total. The van der Waals surface area contributed by atoms with E-state index in [2.05, 4.69) is 5.32 Å². The number of nitrogens with two attached hydrogens (primary N) is 1. The zero-order valence-electron chi connectivity index (χ0n) is 12.7. The molecular formula is C16H24N2O2. The molecule has 1 aromatic carbocycles. The summed E-state index contributed by atoms with van der Waals surface area (Å²) in [5.41, 5.74) is 8.05. The number of ketones is 1. The van der Waals surface area contributed by atoms with Crippen LogP contribution in [0.5, 0.6) is 0 Å². The predicted octanol–water partition coefficient (Wildman–Crippen LogP) is 2.12. The van der Waals surface area contributed by atoms with Gasteiger partial charge in [0, 0.05) is 30.5 Å². The summed E-state index contributed by atoms with van der Waals surface area (Å²) in [5.74, 6) is -0.129. The van der Waals surface area contributed by atoms with Gasteiger partial charge in [0.2, 0.25) is 5.91 Å². The van der Waals surface area contributed by atoms with E-state index in [1.165, 1.54) is 0 Å². The Morgan fingerprint density at radius 3 is 2.45 bits per heavy atom. The third-order valence-electron chi connectivity index (χ3n) is 3.01. The molecule has 3 N–H and O–H groups in total. The largest absolute Gasteiger partial charge is 0.354 e. The van der Waals surface area contributed by atoms with Crippen LogP contribution in [-0.2, 0) is 4.79 Å². The third-order valence-corrected chi connectivity index (χ3v) is 3.01. The molecule has 20 heavy (non-hydrogen) atoms. The van der Waals surface area contributed by atoms with Crippen molar-refractivity contribution in [3.05, 3.63) is 34.9 Å². The van der Waals surface area contributed by atoms with Crippen LogP contribution in [0, 0.1) is 13.8 Å². The van der Waals surface area contributed by atoms with Crippen molar-refractivity contribution in [2.45, 2.75) is 46.1 Å². The van der Waals surface area contributed by atoms with Gasteiger partial charge in [-0.3, -0.25) is 9.59 Å². The third kappa shape index (κ3) is 5.53. The maximum atomic E-state index is 12.1. The SMILES string of the molecule is Cc1ccc(C)c(C(=O)CCC(=O)NCC(C)(C)N)c1. The Hall–Kier alpha value is -1.68. The molecule has 1 rings (SSSR count). The standard InChI is InChI=1S/C16H24N2O2/c1-11-5-6-12(2)13(9-11)14(19)7-8-15(20)18-10-16(3,4)17/h5-6,9H,7-8,10,17H2,1-4H3,(H,18,20). The van der Waals surface area contributed by atoms with Crippen LogP contribution in [0.3, 0.4) is 0 Å². The van der Waals surface area contributed by atoms with Crippen molar-refractivity contribution in [1.29, 1.82) is 0 Å². The first-order valence-corrected chi connectivity index (χ1v) is 6.85. The first kappa shape index (κ1) is 16.4. The molecule has 0 bridgehead atoms. The molecule has 0 saturated carbocycles. The van der Waals surface area contributed by atoms with Crippen LogP contribution in [0.1, 0.15) is 48.2 Å². The fourth-order valence-electron chi connectivity index (χ4n) is 1.81. The normalized spacial score (nSPS) is 11.2. The lowest BCUT2D eigenvalue weighted by Crippen LogP contribution is -2.45. The van der Waals surface area contributed by atoms with E-state index in [9.17, 15) is 9.59 Å². The van der Waals surface area contributed by atoms with E-state index in [-0.39, 0.29) is 24.5 Å². The van der Waals surface area contributed by atoms with Gasteiger partial charge in [0.15, 0.2) is 5.78 Å². The highest BCUT2D eigenvalue weighted by Crippen LogP contribution is 2.13. The second-order valence-electron chi connectivity index (χ2n) is 6.01. The summed E-state index contributed by atoms with van der Waals surface area (Å²) < 4.78 is 0. The topological polar surface area (TPSA) is 72.2 Å². The first-order valence-electron chi connectivity index (χ1n) is 6.85. The van der Waals surface area contributed by atoms with E-state index in [0.29, 0.717) is 12.1 Å². The lowest BCUT2D eigenvalue weighted by Gasteiger charge is -2.18. The van der Waals surface area contributed by atoms with Gasteiger partial charge in [0.05, 0.1) is 0 Å². The minimum atomic E-state index is -0.438. The van der Waals surface area contributed by atoms with Crippen LogP contribution in [0.25, 0.3) is 0 Å². The van der Waals surface area contributed by atoms with Crippen molar-refractivity contribution in [3.8, 4) is 0 Å². The molecule has 4 heteroatoms. The molecule has 0 saturated heterocycles. The van der Waals surface area contributed by atoms with E-state index in [1.807, 2.05) is 45.9 Å². The predicted molar refractivity (Wildman–Crippen MR) is 80.8 cm³/mol. The van der Waals surface area contributed by atoms with Crippen LogP contribution < -0.4 is 11.1 Å². The summed E-state index contributed by atoms with van der Waals surface area (Å²) in [6.07, 6.45) is 0.420. The van der Waals surface area contributed by atoms with Crippen molar-refractivity contribution >= 4 is 11.7 Å². The molecule has 110 valence electrons. The van der Waals surface area contributed by atoms with Crippen molar-refractivity contribution in [1.82, 2.24) is 5.32 Å². The molecule has 0 heterocycles. The van der Waals surface area contributed by atoms with Gasteiger partial charge in [0.1, 0.15) is 0 Å². The molecule has 0 aliphatic carbocycles. The highest BCUT2D eigenvalue weighted by atomic mass is 16.2. The molecule has 0 atom stereocenters. The Balaban J connectivity index is 2.51. The molecule has 0 aliphatic heterocycles. The van der Waals surface area contributed by atoms with Gasteiger partial charge in [0.25, 0.3) is 0 Å². The summed E-state index contributed by atoms with van der Waals surface area (Å²) in [7, 11) is 0. The number of Topliss-reactive ketones (excluding diaryl/α,β-unsaturated/α-hetero) is 1. The number of hydrogen-bond acceptors (Lipinski definition) is 3. The van der Waals surface area contributed by atoms with E-state index in [0.717, 1.165) is 11.1 Å². The van der Waals surface area contributed by atoms with Crippen LogP contribution in [-0.4, -0.2) is 23.8 Å². The van der Waals surface area contributed by atoms with Crippen LogP contribution in [0.15, 0.2) is 18.2 Å². The molecule has 0 spiro atoms. The Morgan fingerprint density at radius 1 is 1.20 bits per heavy atom. The van der Waals surface area contributed by atoms with E-state index in [4.69, 9.17) is 5.73 Å². The monoisotopic (exact) mass is 276 g/mol. The van der Waals surface area contributed by atoms with Gasteiger partial charge >= 0.3 is 0 Å². The van der Waals surface area contributed by atoms with Gasteiger partial charge in [-0.15, -0.1) is 0 Å². The minimum Gasteiger partial charge on any atom is -0.354 e. The summed E-state index contributed by atoms with van der Waals surface area (Å²) in [6, 6.07) is 5.78. The average molecular weight is 276 g/mol. The van der Waals surface area contributed by atoms with Crippen molar-refractivity contribution < 1.29 is 9.59 Å². The highest BCUT2D eigenvalue weighted by molar-refractivity contribution is 5.99. The number of carbonyl (C=O) groups is 2. The Bertz CT molecular complexity index is 502. The second-order valence-corrected chi connectivity index (χ2v) is 6.01. The lowest BCUT2D eigenvalue weighted by molar-refractivity contribution is -0.121. The van der Waals surface area contributed by atoms with Crippen LogP contribution in [0.2, 0.25) is 0 Å². The second kappa shape index (κ2) is 6.66. The molecule has 0 aliphatic rings. The van der Waals surface area contributed by atoms with Gasteiger partial charge in [-0.25, -0.2) is 0 Å². The minimum absolute atomic E-state index is 0.00774. The molecular weight excluding hydrogens is 252 g/mol. The Morgan fingerprint density at radius 2 is 1.85 bits per heavy atom. The maximum absolute atomic E-state index is 12.1. The Kier molecular flexibility index (Phi) is 5.45. The molecule has 0 unspecified atom stereocenters. The Labute approximate surface area is 120 Å². The van der Waals surface area contributed by atoms with Gasteiger partial charge < -0.3 is 11.1 Å². The molecule has 0 fully saturated rings. The van der Waals surface area contributed by atoms with Crippen molar-refractivity contribution in [2.24, 2.45) is 5.73 Å². The first-order chi connectivity index (χ1) is 9.19. The van der Waals surface area contributed by atoms with Gasteiger partial charge in [-0.05, 0) is 39.3 Å². The fraction of sp³-hybridized carbons (Fsp3) is 0.500. The highest BCUT2D eigenvalue weighted by Gasteiger charge is 2.14. The van der Waals surface area contributed by atoms with Crippen LogP contribution in [0.4, 0.5) is 0 Å². The quantitative estimate of drug-likeness (QED) is 0.782. The lowest BCUT2D eigenvalue weighted by atomic mass is 9.99. The van der Waals surface area contributed by atoms with E-state index >= 15 is 0 Å². The van der Waals surface area contributed by atoms with Gasteiger partial charge in [-0.1, -0.05) is 17.7 Å². The number of rotatable bonds is 6. The van der Waals surface area contributed by atoms with Gasteiger partial charge in [-0.2, -0.15) is 0 Å². The van der Waals surface area contributed by atoms with Crippen molar-refractivity contribution in [3.63, 3.8) is 0 Å². The zero-order chi connectivity index (χ0) is 15.3. The molecule has 0 radical (unpaired) electrons. The summed E-state index contributed by atoms with van der Waals surface area (Å²) in [4.78, 5) is 23.8. The van der Waals surface area contributed by atoms with E-state index < -0.39 is 5.54 Å². The summed E-state index contributed by atoms with van der Waals surface area (Å²) in [5, 5.41) is 2.74.